The van der Waals surface area contributed by atoms with E-state index in [1.165, 1.54) is 18.2 Å². The van der Waals surface area contributed by atoms with Gasteiger partial charge in [0.1, 0.15) is 5.82 Å². The van der Waals surface area contributed by atoms with E-state index < -0.39 is 5.82 Å². The third-order valence-corrected chi connectivity index (χ3v) is 3.34. The van der Waals surface area contributed by atoms with Crippen molar-refractivity contribution in [3.05, 3.63) is 58.4 Å². The van der Waals surface area contributed by atoms with Crippen molar-refractivity contribution >= 4 is 28.9 Å². The number of halogens is 2. The predicted molar refractivity (Wildman–Crippen MR) is 84.4 cm³/mol. The highest BCUT2D eigenvalue weighted by molar-refractivity contribution is 6.30. The second kappa shape index (κ2) is 6.59. The number of anilines is 2. The molecule has 0 unspecified atom stereocenters. The Morgan fingerprint density at radius 3 is 2.52 bits per heavy atom. The van der Waals surface area contributed by atoms with E-state index in [-0.39, 0.29) is 18.1 Å². The summed E-state index contributed by atoms with van der Waals surface area (Å²) in [6.07, 6.45) is 0. The molecule has 2 aromatic carbocycles. The van der Waals surface area contributed by atoms with Gasteiger partial charge in [-0.1, -0.05) is 29.8 Å². The maximum atomic E-state index is 13.5. The lowest BCUT2D eigenvalue weighted by molar-refractivity contribution is -0.114. The number of hydrogen-bond acceptors (Lipinski definition) is 2. The van der Waals surface area contributed by atoms with Gasteiger partial charge in [0.2, 0.25) is 5.91 Å². The smallest absolute Gasteiger partial charge is 0.243 e. The van der Waals surface area contributed by atoms with E-state index in [4.69, 9.17) is 11.6 Å². The minimum Gasteiger partial charge on any atom is -0.376 e. The molecule has 21 heavy (non-hydrogen) atoms. The monoisotopic (exact) mass is 306 g/mol. The fourth-order valence-corrected chi connectivity index (χ4v) is 2.22. The summed E-state index contributed by atoms with van der Waals surface area (Å²) in [6.45, 7) is 3.98. The minimum absolute atomic E-state index is 0.0532. The van der Waals surface area contributed by atoms with E-state index >= 15 is 0 Å². The van der Waals surface area contributed by atoms with E-state index in [9.17, 15) is 9.18 Å². The van der Waals surface area contributed by atoms with E-state index in [2.05, 4.69) is 10.6 Å². The van der Waals surface area contributed by atoms with Gasteiger partial charge in [0, 0.05) is 10.7 Å². The quantitative estimate of drug-likeness (QED) is 0.891. The van der Waals surface area contributed by atoms with Gasteiger partial charge >= 0.3 is 0 Å². The summed E-state index contributed by atoms with van der Waals surface area (Å²) in [4.78, 5) is 11.9. The lowest BCUT2D eigenvalue weighted by Crippen LogP contribution is -2.23. The second-order valence-electron chi connectivity index (χ2n) is 4.79. The van der Waals surface area contributed by atoms with Crippen LogP contribution < -0.4 is 10.6 Å². The van der Waals surface area contributed by atoms with Gasteiger partial charge in [0.05, 0.1) is 12.2 Å². The molecule has 0 aromatic heterocycles. The molecule has 0 radical (unpaired) electrons. The van der Waals surface area contributed by atoms with Crippen molar-refractivity contribution in [2.45, 2.75) is 13.8 Å². The predicted octanol–water partition coefficient (Wildman–Crippen LogP) is 4.15. The van der Waals surface area contributed by atoms with Crippen molar-refractivity contribution in [2.24, 2.45) is 0 Å². The highest BCUT2D eigenvalue weighted by atomic mass is 35.5. The summed E-state index contributed by atoms with van der Waals surface area (Å²) in [7, 11) is 0. The number of benzene rings is 2. The maximum absolute atomic E-state index is 13.5. The Hall–Kier alpha value is -2.07. The van der Waals surface area contributed by atoms with Crippen LogP contribution in [0, 0.1) is 19.7 Å². The number of nitrogens with one attached hydrogen (secondary N) is 2. The van der Waals surface area contributed by atoms with Crippen molar-refractivity contribution in [2.75, 3.05) is 17.2 Å². The topological polar surface area (TPSA) is 41.1 Å². The molecule has 0 saturated heterocycles. The third-order valence-electron chi connectivity index (χ3n) is 3.11. The molecule has 2 N–H and O–H groups in total. The Balaban J connectivity index is 2.01. The van der Waals surface area contributed by atoms with Crippen LogP contribution in [0.1, 0.15) is 11.1 Å². The standard InChI is InChI=1S/C16H16ClFN2O/c1-10-4-3-5-11(2)16(10)19-9-15(21)20-14-8-12(17)6-7-13(14)18/h3-8,19H,9H2,1-2H3,(H,20,21). The molecule has 0 aliphatic rings. The average Bonchev–Trinajstić information content (AvgIpc) is 2.42. The van der Waals surface area contributed by atoms with Crippen LogP contribution in [-0.4, -0.2) is 12.5 Å². The maximum Gasteiger partial charge on any atom is 0.243 e. The highest BCUT2D eigenvalue weighted by Crippen LogP contribution is 2.21. The molecule has 0 atom stereocenters. The molecule has 1 amide bonds. The van der Waals surface area contributed by atoms with Gasteiger partial charge in [0.25, 0.3) is 0 Å². The Kier molecular flexibility index (Phi) is 4.81. The van der Waals surface area contributed by atoms with Gasteiger partial charge in [-0.2, -0.15) is 0 Å². The molecule has 5 heteroatoms. The number of rotatable bonds is 4. The fraction of sp³-hybridized carbons (Fsp3) is 0.188. The van der Waals surface area contributed by atoms with Crippen LogP contribution in [0.25, 0.3) is 0 Å². The van der Waals surface area contributed by atoms with Crippen molar-refractivity contribution in [3.8, 4) is 0 Å². The zero-order valence-corrected chi connectivity index (χ0v) is 12.6. The van der Waals surface area contributed by atoms with Crippen LogP contribution in [0.3, 0.4) is 0 Å². The number of carbonyl (C=O) groups is 1. The first-order chi connectivity index (χ1) is 9.97. The molecule has 2 aromatic rings. The molecule has 110 valence electrons. The average molecular weight is 307 g/mol. The molecular formula is C16H16ClFN2O. The molecule has 0 spiro atoms. The lowest BCUT2D eigenvalue weighted by atomic mass is 10.1. The first-order valence-corrected chi connectivity index (χ1v) is 6.90. The van der Waals surface area contributed by atoms with Crippen LogP contribution in [0.2, 0.25) is 5.02 Å². The number of amides is 1. The van der Waals surface area contributed by atoms with Crippen LogP contribution in [-0.2, 0) is 4.79 Å². The first-order valence-electron chi connectivity index (χ1n) is 6.52. The van der Waals surface area contributed by atoms with Gasteiger partial charge in [-0.15, -0.1) is 0 Å². The van der Waals surface area contributed by atoms with Gasteiger partial charge < -0.3 is 10.6 Å². The molecule has 0 aliphatic heterocycles. The SMILES string of the molecule is Cc1cccc(C)c1NCC(=O)Nc1cc(Cl)ccc1F. The molecule has 0 saturated carbocycles. The summed E-state index contributed by atoms with van der Waals surface area (Å²) in [5.74, 6) is -0.848. The van der Waals surface area contributed by atoms with Crippen molar-refractivity contribution in [1.82, 2.24) is 0 Å². The molecule has 0 fully saturated rings. The Bertz CT molecular complexity index is 653. The molecule has 0 heterocycles. The van der Waals surface area contributed by atoms with E-state index in [0.717, 1.165) is 16.8 Å². The molecule has 2 rings (SSSR count). The number of hydrogen-bond donors (Lipinski definition) is 2. The van der Waals surface area contributed by atoms with Crippen LogP contribution in [0.15, 0.2) is 36.4 Å². The third kappa shape index (κ3) is 3.95. The highest BCUT2D eigenvalue weighted by Gasteiger charge is 2.09. The van der Waals surface area contributed by atoms with Gasteiger partial charge in [-0.25, -0.2) is 4.39 Å². The first kappa shape index (κ1) is 15.3. The molecule has 3 nitrogen and oxygen atoms in total. The summed E-state index contributed by atoms with van der Waals surface area (Å²) in [6, 6.07) is 9.91. The van der Waals surface area contributed by atoms with Crippen LogP contribution >= 0.6 is 11.6 Å². The molecular weight excluding hydrogens is 291 g/mol. The summed E-state index contributed by atoms with van der Waals surface area (Å²) >= 11 is 5.78. The summed E-state index contributed by atoms with van der Waals surface area (Å²) in [5.41, 5.74) is 3.10. The summed E-state index contributed by atoms with van der Waals surface area (Å²) in [5, 5.41) is 5.94. The van der Waals surface area contributed by atoms with Gasteiger partial charge in [-0.3, -0.25) is 4.79 Å². The fourth-order valence-electron chi connectivity index (χ4n) is 2.05. The van der Waals surface area contributed by atoms with Gasteiger partial charge in [-0.05, 0) is 43.2 Å². The lowest BCUT2D eigenvalue weighted by Gasteiger charge is -2.13. The van der Waals surface area contributed by atoms with Gasteiger partial charge in [0.15, 0.2) is 0 Å². The Labute approximate surface area is 128 Å². The normalized spacial score (nSPS) is 10.3. The van der Waals surface area contributed by atoms with Crippen molar-refractivity contribution in [1.29, 1.82) is 0 Å². The van der Waals surface area contributed by atoms with E-state index in [1.807, 2.05) is 32.0 Å². The van der Waals surface area contributed by atoms with Crippen LogP contribution in [0.5, 0.6) is 0 Å². The Morgan fingerprint density at radius 2 is 1.86 bits per heavy atom. The zero-order chi connectivity index (χ0) is 15.4. The Morgan fingerprint density at radius 1 is 1.19 bits per heavy atom. The number of para-hydroxylation sites is 1. The van der Waals surface area contributed by atoms with E-state index in [0.29, 0.717) is 5.02 Å². The number of aryl methyl sites for hydroxylation is 2. The number of carbonyl (C=O) groups excluding carboxylic acids is 1. The van der Waals surface area contributed by atoms with Crippen LogP contribution in [0.4, 0.5) is 15.8 Å². The largest absolute Gasteiger partial charge is 0.376 e. The van der Waals surface area contributed by atoms with Crippen molar-refractivity contribution in [3.63, 3.8) is 0 Å². The van der Waals surface area contributed by atoms with Crippen molar-refractivity contribution < 1.29 is 9.18 Å². The zero-order valence-electron chi connectivity index (χ0n) is 11.8. The molecule has 0 bridgehead atoms. The minimum atomic E-state index is -0.514. The summed E-state index contributed by atoms with van der Waals surface area (Å²) < 4.78 is 13.5. The van der Waals surface area contributed by atoms with E-state index in [1.54, 1.807) is 0 Å². The molecule has 0 aliphatic carbocycles. The second-order valence-corrected chi connectivity index (χ2v) is 5.23.